The van der Waals surface area contributed by atoms with E-state index >= 15 is 0 Å². The molecule has 0 atom stereocenters. The number of nitrogens with zero attached hydrogens (tertiary/aromatic N) is 3. The molecule has 0 unspecified atom stereocenters. The zero-order chi connectivity index (χ0) is 32.5. The third-order valence-electron chi connectivity index (χ3n) is 6.10. The molecule has 228 valence electrons. The van der Waals surface area contributed by atoms with Gasteiger partial charge in [-0.25, -0.2) is 14.4 Å². The smallest absolute Gasteiger partial charge is 0.337 e. The van der Waals surface area contributed by atoms with Gasteiger partial charge in [0.25, 0.3) is 0 Å². The van der Waals surface area contributed by atoms with Crippen LogP contribution in [0.15, 0.2) is 92.5 Å². The maximum Gasteiger partial charge on any atom is 0.337 e. The van der Waals surface area contributed by atoms with E-state index < -0.39 is 17.9 Å². The summed E-state index contributed by atoms with van der Waals surface area (Å²) in [7, 11) is 3.81. The highest BCUT2D eigenvalue weighted by Gasteiger charge is 2.16. The fraction of sp³-hybridized carbons (Fsp3) is 0.0909. The highest BCUT2D eigenvalue weighted by atomic mass is 16.5. The standard InChI is InChI=1S/C33H27N3O9/c1-19(28(37)40-4)22-7-13-25(14-8-22)43-31-34-32(44-26-15-9-23(10-16-26)20(2)29(38)41-5)36-33(35-31)45-27-17-11-24(12-18-27)21(3)30(39)42-6/h7-18H,1-3H2,4-6H3. The number of rotatable bonds is 12. The molecule has 0 N–H and O–H groups in total. The molecule has 0 aliphatic carbocycles. The summed E-state index contributed by atoms with van der Waals surface area (Å²) >= 11 is 0. The van der Waals surface area contributed by atoms with Gasteiger partial charge in [0.15, 0.2) is 0 Å². The van der Waals surface area contributed by atoms with Crippen molar-refractivity contribution in [2.45, 2.75) is 0 Å². The van der Waals surface area contributed by atoms with Crippen LogP contribution in [0.4, 0.5) is 0 Å². The van der Waals surface area contributed by atoms with Crippen molar-refractivity contribution in [2.24, 2.45) is 0 Å². The largest absolute Gasteiger partial charge is 0.465 e. The minimum Gasteiger partial charge on any atom is -0.465 e. The summed E-state index contributed by atoms with van der Waals surface area (Å²) in [6.07, 6.45) is 0. The van der Waals surface area contributed by atoms with Crippen LogP contribution in [0.3, 0.4) is 0 Å². The number of ether oxygens (including phenoxy) is 6. The summed E-state index contributed by atoms with van der Waals surface area (Å²) in [5.74, 6) is -0.692. The van der Waals surface area contributed by atoms with Crippen molar-refractivity contribution in [1.29, 1.82) is 0 Å². The summed E-state index contributed by atoms with van der Waals surface area (Å²) in [4.78, 5) is 48.1. The number of carbonyl (C=O) groups is 3. The van der Waals surface area contributed by atoms with Crippen molar-refractivity contribution in [3.63, 3.8) is 0 Å². The topological polar surface area (TPSA) is 145 Å². The molecule has 1 aromatic heterocycles. The van der Waals surface area contributed by atoms with Crippen LogP contribution >= 0.6 is 0 Å². The van der Waals surface area contributed by atoms with Gasteiger partial charge in [0.2, 0.25) is 0 Å². The first-order valence-electron chi connectivity index (χ1n) is 13.0. The summed E-state index contributed by atoms with van der Waals surface area (Å²) < 4.78 is 31.7. The van der Waals surface area contributed by atoms with Crippen molar-refractivity contribution in [2.75, 3.05) is 21.3 Å². The third-order valence-corrected chi connectivity index (χ3v) is 6.10. The van der Waals surface area contributed by atoms with Crippen molar-refractivity contribution in [1.82, 2.24) is 15.0 Å². The lowest BCUT2D eigenvalue weighted by Gasteiger charge is -2.11. The number of methoxy groups -OCH3 is 3. The molecule has 0 radical (unpaired) electrons. The Labute approximate surface area is 258 Å². The number of aromatic nitrogens is 3. The van der Waals surface area contributed by atoms with E-state index in [-0.39, 0.29) is 34.8 Å². The molecule has 0 fully saturated rings. The van der Waals surface area contributed by atoms with Crippen molar-refractivity contribution in [3.8, 4) is 35.3 Å². The molecule has 0 saturated heterocycles. The average Bonchev–Trinajstić information content (AvgIpc) is 3.07. The molecule has 0 bridgehead atoms. The molecule has 0 saturated carbocycles. The minimum absolute atomic E-state index is 0.166. The highest BCUT2D eigenvalue weighted by molar-refractivity contribution is 6.16. The Morgan fingerprint density at radius 2 is 0.667 bits per heavy atom. The van der Waals surface area contributed by atoms with E-state index in [9.17, 15) is 14.4 Å². The van der Waals surface area contributed by atoms with Crippen molar-refractivity contribution < 1.29 is 42.8 Å². The molecular formula is C33H27N3O9. The van der Waals surface area contributed by atoms with E-state index in [1.165, 1.54) is 21.3 Å². The Hall–Kier alpha value is -6.30. The second-order valence-electron chi connectivity index (χ2n) is 8.97. The number of hydrogen-bond acceptors (Lipinski definition) is 12. The van der Waals surface area contributed by atoms with E-state index in [2.05, 4.69) is 34.7 Å². The van der Waals surface area contributed by atoms with Gasteiger partial charge in [-0.05, 0) is 53.1 Å². The van der Waals surface area contributed by atoms with E-state index in [1.807, 2.05) is 0 Å². The summed E-state index contributed by atoms with van der Waals surface area (Å²) in [6.45, 7) is 11.2. The van der Waals surface area contributed by atoms with Crippen LogP contribution < -0.4 is 14.2 Å². The Morgan fingerprint density at radius 3 is 0.867 bits per heavy atom. The molecule has 4 aromatic rings. The van der Waals surface area contributed by atoms with Crippen LogP contribution in [0.2, 0.25) is 0 Å². The van der Waals surface area contributed by atoms with Crippen molar-refractivity contribution >= 4 is 34.6 Å². The van der Waals surface area contributed by atoms with Gasteiger partial charge in [0, 0.05) is 0 Å². The maximum atomic E-state index is 11.8. The number of esters is 3. The van der Waals surface area contributed by atoms with Gasteiger partial charge >= 0.3 is 35.9 Å². The predicted molar refractivity (Wildman–Crippen MR) is 163 cm³/mol. The SMILES string of the molecule is C=C(C(=O)OC)c1ccc(Oc2nc(Oc3ccc(C(=C)C(=O)OC)cc3)nc(Oc3ccc(C(=C)C(=O)OC)cc3)n2)cc1. The molecule has 4 rings (SSSR count). The van der Waals surface area contributed by atoms with Gasteiger partial charge in [-0.1, -0.05) is 56.1 Å². The highest BCUT2D eigenvalue weighted by Crippen LogP contribution is 2.29. The lowest BCUT2D eigenvalue weighted by atomic mass is 10.1. The molecule has 12 heteroatoms. The summed E-state index contributed by atoms with van der Waals surface area (Å²) in [5.41, 5.74) is 2.15. The molecule has 0 aliphatic rings. The molecule has 12 nitrogen and oxygen atoms in total. The van der Waals surface area contributed by atoms with Gasteiger partial charge in [-0.3, -0.25) is 0 Å². The quantitative estimate of drug-likeness (QED) is 0.109. The molecule has 0 amide bonds. The summed E-state index contributed by atoms with van der Waals surface area (Å²) in [5, 5.41) is 0. The lowest BCUT2D eigenvalue weighted by Crippen LogP contribution is -2.03. The first kappa shape index (κ1) is 31.6. The van der Waals surface area contributed by atoms with Gasteiger partial charge in [-0.2, -0.15) is 0 Å². The van der Waals surface area contributed by atoms with Crippen molar-refractivity contribution in [3.05, 3.63) is 109 Å². The molecule has 3 aromatic carbocycles. The monoisotopic (exact) mass is 609 g/mol. The molecule has 0 spiro atoms. The van der Waals surface area contributed by atoms with Crippen LogP contribution in [0.25, 0.3) is 16.7 Å². The Balaban J connectivity index is 1.60. The fourth-order valence-corrected chi connectivity index (χ4v) is 3.67. The number of carbonyl (C=O) groups excluding carboxylic acids is 3. The second kappa shape index (κ2) is 14.2. The van der Waals surface area contributed by atoms with E-state index in [0.29, 0.717) is 33.9 Å². The van der Waals surface area contributed by atoms with Crippen LogP contribution in [0.1, 0.15) is 16.7 Å². The van der Waals surface area contributed by atoms with Crippen LogP contribution in [0, 0.1) is 0 Å². The van der Waals surface area contributed by atoms with E-state index in [1.54, 1.807) is 72.8 Å². The fourth-order valence-electron chi connectivity index (χ4n) is 3.67. The van der Waals surface area contributed by atoms with Crippen LogP contribution in [-0.2, 0) is 28.6 Å². The summed E-state index contributed by atoms with van der Waals surface area (Å²) in [6, 6.07) is 18.8. The first-order valence-corrected chi connectivity index (χ1v) is 13.0. The van der Waals surface area contributed by atoms with Crippen LogP contribution in [-0.4, -0.2) is 54.2 Å². The average molecular weight is 610 g/mol. The van der Waals surface area contributed by atoms with Gasteiger partial charge in [0.05, 0.1) is 38.0 Å². The Bertz CT molecular complexity index is 1540. The van der Waals surface area contributed by atoms with Gasteiger partial charge in [-0.15, -0.1) is 15.0 Å². The Kier molecular flexibility index (Phi) is 10.0. The Morgan fingerprint density at radius 1 is 0.444 bits per heavy atom. The number of hydrogen-bond donors (Lipinski definition) is 0. The maximum absolute atomic E-state index is 11.8. The predicted octanol–water partition coefficient (Wildman–Crippen LogP) is 5.81. The van der Waals surface area contributed by atoms with Crippen LogP contribution in [0.5, 0.6) is 35.3 Å². The number of benzene rings is 3. The zero-order valence-electron chi connectivity index (χ0n) is 24.6. The van der Waals surface area contributed by atoms with E-state index in [0.717, 1.165) is 0 Å². The van der Waals surface area contributed by atoms with Gasteiger partial charge in [0.1, 0.15) is 17.2 Å². The van der Waals surface area contributed by atoms with E-state index in [4.69, 9.17) is 28.4 Å². The zero-order valence-corrected chi connectivity index (χ0v) is 24.6. The molecule has 1 heterocycles. The molecule has 0 aliphatic heterocycles. The van der Waals surface area contributed by atoms with Gasteiger partial charge < -0.3 is 28.4 Å². The normalized spacial score (nSPS) is 10.2. The molecular weight excluding hydrogens is 582 g/mol. The third kappa shape index (κ3) is 7.96. The lowest BCUT2D eigenvalue weighted by molar-refractivity contribution is -0.134. The minimum atomic E-state index is -0.560. The second-order valence-corrected chi connectivity index (χ2v) is 8.97. The molecule has 45 heavy (non-hydrogen) atoms. The first-order chi connectivity index (χ1) is 21.6.